The van der Waals surface area contributed by atoms with Crippen LogP contribution in [0.2, 0.25) is 10.0 Å². The number of nitrogens with one attached hydrogen (secondary N) is 2. The number of carbonyl (C=O) groups is 4. The SMILES string of the molecule is CCCCOC(=O)c1ccc(NC(=O)c2ccc(NC3=C(Cl)C(=O)N(c4cc(Cl)ccc4Cl)C3=O)cc2)cc1. The summed E-state index contributed by atoms with van der Waals surface area (Å²) in [6.07, 6.45) is 1.72. The lowest BCUT2D eigenvalue weighted by Crippen LogP contribution is -2.32. The van der Waals surface area contributed by atoms with Crippen molar-refractivity contribution in [2.45, 2.75) is 19.8 Å². The van der Waals surface area contributed by atoms with Crippen LogP contribution in [0.15, 0.2) is 77.5 Å². The van der Waals surface area contributed by atoms with Crippen LogP contribution < -0.4 is 15.5 Å². The van der Waals surface area contributed by atoms with E-state index in [9.17, 15) is 19.2 Å². The first-order valence-electron chi connectivity index (χ1n) is 11.9. The van der Waals surface area contributed by atoms with Crippen molar-refractivity contribution in [3.8, 4) is 0 Å². The molecule has 0 unspecified atom stereocenters. The van der Waals surface area contributed by atoms with Crippen molar-refractivity contribution in [3.05, 3.63) is 98.6 Å². The Morgan fingerprint density at radius 1 is 0.846 bits per heavy atom. The second-order valence-electron chi connectivity index (χ2n) is 8.45. The van der Waals surface area contributed by atoms with Crippen LogP contribution in [-0.4, -0.2) is 30.3 Å². The van der Waals surface area contributed by atoms with Gasteiger partial charge in [0.25, 0.3) is 17.7 Å². The topological polar surface area (TPSA) is 105 Å². The van der Waals surface area contributed by atoms with Gasteiger partial charge in [-0.25, -0.2) is 9.69 Å². The summed E-state index contributed by atoms with van der Waals surface area (Å²) in [6.45, 7) is 2.37. The fraction of sp³-hybridized carbons (Fsp3) is 0.143. The maximum Gasteiger partial charge on any atom is 0.338 e. The zero-order valence-electron chi connectivity index (χ0n) is 20.6. The third kappa shape index (κ3) is 6.42. The monoisotopic (exact) mass is 585 g/mol. The molecule has 0 spiro atoms. The summed E-state index contributed by atoms with van der Waals surface area (Å²) in [5, 5.41) is 5.73. The number of rotatable bonds is 9. The van der Waals surface area contributed by atoms with E-state index in [-0.39, 0.29) is 27.3 Å². The predicted molar refractivity (Wildman–Crippen MR) is 151 cm³/mol. The summed E-state index contributed by atoms with van der Waals surface area (Å²) in [5.41, 5.74) is 1.63. The molecule has 0 aliphatic carbocycles. The highest BCUT2D eigenvalue weighted by atomic mass is 35.5. The van der Waals surface area contributed by atoms with E-state index in [0.29, 0.717) is 34.1 Å². The zero-order valence-corrected chi connectivity index (χ0v) is 22.9. The molecule has 200 valence electrons. The Kier molecular flexibility index (Phi) is 8.91. The van der Waals surface area contributed by atoms with Gasteiger partial charge in [-0.2, -0.15) is 0 Å². The highest BCUT2D eigenvalue weighted by Crippen LogP contribution is 2.35. The smallest absolute Gasteiger partial charge is 0.338 e. The minimum atomic E-state index is -0.746. The fourth-order valence-electron chi connectivity index (χ4n) is 3.62. The standard InChI is InChI=1S/C28H22Cl3N3O5/c1-2-3-14-39-28(38)17-6-11-20(12-7-17)33-25(35)16-4-9-19(10-5-16)32-24-23(31)26(36)34(27(24)37)22-15-18(29)8-13-21(22)30/h4-13,15,32H,2-3,14H2,1H3,(H,33,35). The van der Waals surface area contributed by atoms with Crippen molar-refractivity contribution >= 4 is 75.6 Å². The Morgan fingerprint density at radius 3 is 2.15 bits per heavy atom. The molecule has 0 saturated carbocycles. The van der Waals surface area contributed by atoms with Crippen LogP contribution in [0.3, 0.4) is 0 Å². The van der Waals surface area contributed by atoms with Gasteiger partial charge in [0.1, 0.15) is 10.7 Å². The number of carbonyl (C=O) groups excluding carboxylic acids is 4. The summed E-state index contributed by atoms with van der Waals surface area (Å²) in [6, 6.07) is 17.0. The molecular weight excluding hydrogens is 565 g/mol. The van der Waals surface area contributed by atoms with Crippen LogP contribution in [0.4, 0.5) is 17.1 Å². The van der Waals surface area contributed by atoms with E-state index >= 15 is 0 Å². The van der Waals surface area contributed by atoms with Gasteiger partial charge in [0.15, 0.2) is 0 Å². The molecule has 0 radical (unpaired) electrons. The van der Waals surface area contributed by atoms with Gasteiger partial charge in [-0.15, -0.1) is 0 Å². The summed E-state index contributed by atoms with van der Waals surface area (Å²) >= 11 is 18.4. The number of amides is 3. The molecule has 1 aliphatic heterocycles. The molecule has 3 aromatic rings. The van der Waals surface area contributed by atoms with Crippen molar-refractivity contribution in [2.24, 2.45) is 0 Å². The summed E-state index contributed by atoms with van der Waals surface area (Å²) in [5.74, 6) is -2.25. The quantitative estimate of drug-likeness (QED) is 0.165. The minimum Gasteiger partial charge on any atom is -0.462 e. The molecule has 3 aromatic carbocycles. The molecule has 4 rings (SSSR count). The number of benzene rings is 3. The molecule has 39 heavy (non-hydrogen) atoms. The van der Waals surface area contributed by atoms with Crippen molar-refractivity contribution in [1.29, 1.82) is 0 Å². The van der Waals surface area contributed by atoms with Gasteiger partial charge in [0.05, 0.1) is 22.9 Å². The van der Waals surface area contributed by atoms with Crippen LogP contribution in [0.1, 0.15) is 40.5 Å². The maximum absolute atomic E-state index is 13.0. The first-order valence-corrected chi connectivity index (χ1v) is 13.0. The summed E-state index contributed by atoms with van der Waals surface area (Å²) in [7, 11) is 0. The average molecular weight is 587 g/mol. The second-order valence-corrected chi connectivity index (χ2v) is 9.68. The van der Waals surface area contributed by atoms with E-state index in [1.807, 2.05) is 6.92 Å². The van der Waals surface area contributed by atoms with Crippen LogP contribution in [0, 0.1) is 0 Å². The molecule has 0 atom stereocenters. The first-order chi connectivity index (χ1) is 18.7. The van der Waals surface area contributed by atoms with Crippen molar-refractivity contribution in [2.75, 3.05) is 22.1 Å². The molecule has 0 bridgehead atoms. The molecule has 8 nitrogen and oxygen atoms in total. The van der Waals surface area contributed by atoms with Crippen molar-refractivity contribution < 1.29 is 23.9 Å². The zero-order chi connectivity index (χ0) is 28.1. The maximum atomic E-state index is 13.0. The lowest BCUT2D eigenvalue weighted by atomic mass is 10.1. The van der Waals surface area contributed by atoms with Crippen LogP contribution in [0.25, 0.3) is 0 Å². The molecule has 2 N–H and O–H groups in total. The molecule has 0 saturated heterocycles. The summed E-state index contributed by atoms with van der Waals surface area (Å²) in [4.78, 5) is 51.3. The average Bonchev–Trinajstić information content (AvgIpc) is 3.13. The van der Waals surface area contributed by atoms with E-state index < -0.39 is 17.8 Å². The second kappa shape index (κ2) is 12.3. The number of halogens is 3. The molecule has 0 aromatic heterocycles. The van der Waals surface area contributed by atoms with Gasteiger partial charge in [-0.3, -0.25) is 14.4 Å². The van der Waals surface area contributed by atoms with Gasteiger partial charge in [-0.05, 0) is 73.2 Å². The molecule has 3 amide bonds. The van der Waals surface area contributed by atoms with Gasteiger partial charge in [0, 0.05) is 22.0 Å². The Balaban J connectivity index is 1.40. The van der Waals surface area contributed by atoms with E-state index in [1.165, 1.54) is 18.2 Å². The Bertz CT molecular complexity index is 1470. The Hall–Kier alpha value is -3.85. The van der Waals surface area contributed by atoms with Crippen molar-refractivity contribution in [1.82, 2.24) is 0 Å². The van der Waals surface area contributed by atoms with Crippen molar-refractivity contribution in [3.63, 3.8) is 0 Å². The van der Waals surface area contributed by atoms with Gasteiger partial charge < -0.3 is 15.4 Å². The number of anilines is 3. The number of hydrogen-bond donors (Lipinski definition) is 2. The third-order valence-electron chi connectivity index (χ3n) is 5.70. The highest BCUT2D eigenvalue weighted by Gasteiger charge is 2.40. The van der Waals surface area contributed by atoms with E-state index in [4.69, 9.17) is 39.5 Å². The first kappa shape index (κ1) is 28.2. The molecular formula is C28H22Cl3N3O5. The normalized spacial score (nSPS) is 13.1. The number of imide groups is 1. The van der Waals surface area contributed by atoms with E-state index in [0.717, 1.165) is 17.7 Å². The van der Waals surface area contributed by atoms with Gasteiger partial charge >= 0.3 is 5.97 Å². The third-order valence-corrected chi connectivity index (χ3v) is 6.61. The van der Waals surface area contributed by atoms with Crippen LogP contribution >= 0.6 is 34.8 Å². The van der Waals surface area contributed by atoms with E-state index in [2.05, 4.69) is 10.6 Å². The van der Waals surface area contributed by atoms with Crippen LogP contribution in [0.5, 0.6) is 0 Å². The predicted octanol–water partition coefficient (Wildman–Crippen LogP) is 6.64. The molecule has 1 aliphatic rings. The largest absolute Gasteiger partial charge is 0.462 e. The number of ether oxygens (including phenoxy) is 1. The Morgan fingerprint density at radius 2 is 1.49 bits per heavy atom. The number of hydrogen-bond acceptors (Lipinski definition) is 6. The van der Waals surface area contributed by atoms with Crippen LogP contribution in [-0.2, 0) is 14.3 Å². The molecule has 0 fully saturated rings. The van der Waals surface area contributed by atoms with Gasteiger partial charge in [0.2, 0.25) is 0 Å². The number of esters is 1. The lowest BCUT2D eigenvalue weighted by Gasteiger charge is -2.17. The molecule has 1 heterocycles. The number of unbranched alkanes of at least 4 members (excludes halogenated alkanes) is 1. The number of nitrogens with zero attached hydrogens (tertiary/aromatic N) is 1. The summed E-state index contributed by atoms with van der Waals surface area (Å²) < 4.78 is 5.18. The Labute approximate surface area is 239 Å². The minimum absolute atomic E-state index is 0.113. The van der Waals surface area contributed by atoms with Gasteiger partial charge in [-0.1, -0.05) is 48.1 Å². The highest BCUT2D eigenvalue weighted by molar-refractivity contribution is 6.54. The molecule has 11 heteroatoms. The van der Waals surface area contributed by atoms with E-state index in [1.54, 1.807) is 48.5 Å². The fourth-order valence-corrected chi connectivity index (χ4v) is 4.20. The lowest BCUT2D eigenvalue weighted by molar-refractivity contribution is -0.120.